The second-order valence-corrected chi connectivity index (χ2v) is 6.37. The van der Waals surface area contributed by atoms with Gasteiger partial charge in [0.1, 0.15) is 10.00 Å². The van der Waals surface area contributed by atoms with Gasteiger partial charge in [0.25, 0.3) is 0 Å². The van der Waals surface area contributed by atoms with Crippen molar-refractivity contribution in [1.82, 2.24) is 4.98 Å². The number of hydrogen-bond donors (Lipinski definition) is 2. The average molecular weight is 312 g/mol. The maximum Gasteiger partial charge on any atom is 0.115 e. The summed E-state index contributed by atoms with van der Waals surface area (Å²) in [5.74, 6) is 0. The van der Waals surface area contributed by atoms with Crippen LogP contribution in [0.1, 0.15) is 28.4 Å². The fraction of sp³-hybridized carbons (Fsp3) is 0.231. The first-order chi connectivity index (χ1) is 8.97. The molecule has 0 aliphatic heterocycles. The number of thiazole rings is 1. The largest absolute Gasteiger partial charge is 0.389 e. The molecule has 0 radical (unpaired) electrons. The number of nitrogens with two attached hydrogens (primary N) is 1. The second-order valence-electron chi connectivity index (χ2n) is 4.23. The van der Waals surface area contributed by atoms with Gasteiger partial charge in [0.05, 0.1) is 6.04 Å². The Labute approximate surface area is 126 Å². The van der Waals surface area contributed by atoms with Crippen LogP contribution in [-0.4, -0.2) is 9.97 Å². The topological polar surface area (TPSA) is 50.9 Å². The molecule has 19 heavy (non-hydrogen) atoms. The number of hydrogen-bond acceptors (Lipinski definition) is 4. The Hall–Kier alpha value is -1.17. The van der Waals surface area contributed by atoms with Crippen molar-refractivity contribution in [2.24, 2.45) is 5.73 Å². The second kappa shape index (κ2) is 5.86. The van der Waals surface area contributed by atoms with E-state index < -0.39 is 0 Å². The first-order valence-electron chi connectivity index (χ1n) is 5.75. The van der Waals surface area contributed by atoms with Gasteiger partial charge in [-0.25, -0.2) is 4.98 Å². The lowest BCUT2D eigenvalue weighted by Crippen LogP contribution is -2.15. The van der Waals surface area contributed by atoms with Gasteiger partial charge in [0, 0.05) is 27.3 Å². The Morgan fingerprint density at radius 2 is 2.26 bits per heavy atom. The summed E-state index contributed by atoms with van der Waals surface area (Å²) in [6, 6.07) is 5.50. The number of nitrogens with one attached hydrogen (secondary N) is 1. The summed E-state index contributed by atoms with van der Waals surface area (Å²) in [4.78, 5) is 5.90. The van der Waals surface area contributed by atoms with Crippen LogP contribution in [0.4, 0.5) is 5.69 Å². The van der Waals surface area contributed by atoms with E-state index in [2.05, 4.69) is 10.3 Å². The Balaban J connectivity index is 2.27. The maximum absolute atomic E-state index is 6.02. The van der Waals surface area contributed by atoms with E-state index in [1.807, 2.05) is 32.2 Å². The molecule has 100 valence electrons. The van der Waals surface area contributed by atoms with Gasteiger partial charge in [-0.2, -0.15) is 0 Å². The predicted molar refractivity (Wildman–Crippen MR) is 86.2 cm³/mol. The zero-order valence-electron chi connectivity index (χ0n) is 10.6. The molecule has 1 aromatic heterocycles. The molecule has 0 fully saturated rings. The van der Waals surface area contributed by atoms with Crippen LogP contribution < -0.4 is 11.1 Å². The summed E-state index contributed by atoms with van der Waals surface area (Å²) in [6.45, 7) is 4.08. The van der Waals surface area contributed by atoms with Crippen molar-refractivity contribution in [2.75, 3.05) is 5.32 Å². The maximum atomic E-state index is 6.02. The number of aromatic nitrogens is 1. The molecule has 0 amide bonds. The van der Waals surface area contributed by atoms with E-state index in [4.69, 9.17) is 29.6 Å². The molecular weight excluding hydrogens is 298 g/mol. The lowest BCUT2D eigenvalue weighted by molar-refractivity contribution is 0.869. The Morgan fingerprint density at radius 1 is 1.53 bits per heavy atom. The van der Waals surface area contributed by atoms with Crippen molar-refractivity contribution in [2.45, 2.75) is 19.9 Å². The Kier molecular flexibility index (Phi) is 4.39. The van der Waals surface area contributed by atoms with E-state index >= 15 is 0 Å². The molecule has 1 atom stereocenters. The van der Waals surface area contributed by atoms with Crippen molar-refractivity contribution in [1.29, 1.82) is 0 Å². The fourth-order valence-electron chi connectivity index (χ4n) is 1.72. The van der Waals surface area contributed by atoms with Crippen LogP contribution in [0.25, 0.3) is 0 Å². The molecule has 0 aliphatic carbocycles. The highest BCUT2D eigenvalue weighted by molar-refractivity contribution is 7.80. The van der Waals surface area contributed by atoms with Gasteiger partial charge >= 0.3 is 0 Å². The third-order valence-corrected chi connectivity index (χ3v) is 4.18. The molecule has 6 heteroatoms. The number of thiocarbonyl (C=S) groups is 1. The van der Waals surface area contributed by atoms with Gasteiger partial charge in [0.15, 0.2) is 0 Å². The summed E-state index contributed by atoms with van der Waals surface area (Å²) in [5, 5.41) is 5.02. The van der Waals surface area contributed by atoms with Gasteiger partial charge in [-0.3, -0.25) is 0 Å². The van der Waals surface area contributed by atoms with E-state index in [-0.39, 0.29) is 6.04 Å². The molecule has 1 unspecified atom stereocenters. The summed E-state index contributed by atoms with van der Waals surface area (Å²) in [6.07, 6.45) is 1.87. The van der Waals surface area contributed by atoms with Crippen molar-refractivity contribution in [3.8, 4) is 0 Å². The van der Waals surface area contributed by atoms with Crippen LogP contribution in [0.3, 0.4) is 0 Å². The quantitative estimate of drug-likeness (QED) is 0.841. The van der Waals surface area contributed by atoms with Crippen LogP contribution in [0.15, 0.2) is 24.4 Å². The van der Waals surface area contributed by atoms with Gasteiger partial charge in [0.2, 0.25) is 0 Å². The van der Waals surface area contributed by atoms with Gasteiger partial charge in [-0.05, 0) is 32.0 Å². The summed E-state index contributed by atoms with van der Waals surface area (Å²) in [5.41, 5.74) is 7.34. The van der Waals surface area contributed by atoms with E-state index in [1.54, 1.807) is 17.4 Å². The number of halogens is 1. The number of benzene rings is 1. The van der Waals surface area contributed by atoms with Crippen LogP contribution in [0, 0.1) is 6.92 Å². The van der Waals surface area contributed by atoms with Crippen molar-refractivity contribution in [3.05, 3.63) is 44.9 Å². The number of rotatable bonds is 4. The molecule has 3 N–H and O–H groups in total. The van der Waals surface area contributed by atoms with E-state index in [0.29, 0.717) is 10.0 Å². The molecule has 0 saturated heterocycles. The lowest BCUT2D eigenvalue weighted by Gasteiger charge is -2.16. The van der Waals surface area contributed by atoms with E-state index in [9.17, 15) is 0 Å². The predicted octanol–water partition coefficient (Wildman–Crippen LogP) is 3.91. The highest BCUT2D eigenvalue weighted by Crippen LogP contribution is 2.27. The van der Waals surface area contributed by atoms with Crippen LogP contribution in [-0.2, 0) is 0 Å². The Morgan fingerprint density at radius 3 is 2.84 bits per heavy atom. The number of aryl methyl sites for hydroxylation is 1. The van der Waals surface area contributed by atoms with E-state index in [1.165, 1.54) is 4.88 Å². The molecule has 0 bridgehead atoms. The minimum absolute atomic E-state index is 0.0743. The summed E-state index contributed by atoms with van der Waals surface area (Å²) >= 11 is 12.7. The molecule has 1 aromatic carbocycles. The number of anilines is 1. The van der Waals surface area contributed by atoms with Gasteiger partial charge in [-0.1, -0.05) is 23.8 Å². The average Bonchev–Trinajstić information content (AvgIpc) is 2.75. The van der Waals surface area contributed by atoms with Crippen LogP contribution in [0.5, 0.6) is 0 Å². The summed E-state index contributed by atoms with van der Waals surface area (Å²) < 4.78 is 0. The molecule has 1 heterocycles. The highest BCUT2D eigenvalue weighted by atomic mass is 35.5. The van der Waals surface area contributed by atoms with Crippen molar-refractivity contribution in [3.63, 3.8) is 0 Å². The van der Waals surface area contributed by atoms with Crippen LogP contribution >= 0.6 is 35.2 Å². The number of nitrogens with zero attached hydrogens (tertiary/aromatic N) is 1. The molecule has 2 aromatic rings. The van der Waals surface area contributed by atoms with Crippen LogP contribution in [0.2, 0.25) is 5.02 Å². The normalized spacial score (nSPS) is 12.2. The standard InChI is InChI=1S/C13H14ClN3S2/c1-7-6-16-13(19-7)8(2)17-11-5-9(14)3-4-10(11)12(15)18/h3-6,8,17H,1-2H3,(H2,15,18). The van der Waals surface area contributed by atoms with E-state index in [0.717, 1.165) is 16.3 Å². The molecule has 0 saturated carbocycles. The first kappa shape index (κ1) is 14.2. The fourth-order valence-corrected chi connectivity index (χ4v) is 2.84. The molecule has 3 nitrogen and oxygen atoms in total. The third kappa shape index (κ3) is 3.43. The highest BCUT2D eigenvalue weighted by Gasteiger charge is 2.13. The Bertz CT molecular complexity index is 610. The summed E-state index contributed by atoms with van der Waals surface area (Å²) in [7, 11) is 0. The zero-order chi connectivity index (χ0) is 14.0. The lowest BCUT2D eigenvalue weighted by atomic mass is 10.1. The SMILES string of the molecule is Cc1cnc(C(C)Nc2cc(Cl)ccc2C(N)=S)s1. The first-order valence-corrected chi connectivity index (χ1v) is 7.36. The smallest absolute Gasteiger partial charge is 0.115 e. The van der Waals surface area contributed by atoms with Gasteiger partial charge in [-0.15, -0.1) is 11.3 Å². The monoisotopic (exact) mass is 311 g/mol. The van der Waals surface area contributed by atoms with Crippen molar-refractivity contribution < 1.29 is 0 Å². The molecular formula is C13H14ClN3S2. The minimum atomic E-state index is 0.0743. The van der Waals surface area contributed by atoms with Gasteiger partial charge < -0.3 is 11.1 Å². The minimum Gasteiger partial charge on any atom is -0.389 e. The zero-order valence-corrected chi connectivity index (χ0v) is 13.0. The molecule has 2 rings (SSSR count). The third-order valence-electron chi connectivity index (χ3n) is 2.63. The van der Waals surface area contributed by atoms with Crippen molar-refractivity contribution >= 4 is 45.8 Å². The molecule has 0 aliphatic rings. The molecule has 0 spiro atoms.